The molecule has 0 bridgehead atoms. The van der Waals surface area contributed by atoms with Crippen LogP contribution in [-0.2, 0) is 0 Å². The monoisotopic (exact) mass is 250 g/mol. The van der Waals surface area contributed by atoms with Crippen LogP contribution in [0.2, 0.25) is 0 Å². The first kappa shape index (κ1) is 30.2. The van der Waals surface area contributed by atoms with Gasteiger partial charge in [0, 0.05) is 0 Å². The Balaban J connectivity index is -0.000000120. The minimum absolute atomic E-state index is 0. The fourth-order valence-corrected chi connectivity index (χ4v) is 2.04. The second-order valence-electron chi connectivity index (χ2n) is 3.33. The van der Waals surface area contributed by atoms with E-state index in [1.54, 1.807) is 0 Å². The Morgan fingerprint density at radius 2 is 0.824 bits per heavy atom. The average molecular weight is 251 g/mol. The highest BCUT2D eigenvalue weighted by Gasteiger charge is 2.18. The molecule has 0 saturated heterocycles. The van der Waals surface area contributed by atoms with Gasteiger partial charge in [0.1, 0.15) is 0 Å². The number of hydrogen-bond acceptors (Lipinski definition) is 2. The molecule has 0 unspecified atom stereocenters. The SMILES string of the molecule is C.C.C.C.CCC(N(CC)CC)N(CC)CC. The van der Waals surface area contributed by atoms with Crippen LogP contribution in [0.5, 0.6) is 0 Å². The van der Waals surface area contributed by atoms with Crippen molar-refractivity contribution in [2.75, 3.05) is 26.2 Å². The Kier molecular flexibility index (Phi) is 32.5. The molecule has 2 heteroatoms. The highest BCUT2D eigenvalue weighted by Crippen LogP contribution is 2.09. The molecule has 0 aliphatic heterocycles. The van der Waals surface area contributed by atoms with Crippen LogP contribution in [-0.4, -0.2) is 42.1 Å². The molecular formula is C15H42N2. The van der Waals surface area contributed by atoms with Crippen LogP contribution < -0.4 is 0 Å². The molecule has 0 aliphatic carbocycles. The van der Waals surface area contributed by atoms with Crippen molar-refractivity contribution in [1.82, 2.24) is 9.80 Å². The minimum atomic E-state index is 0. The third kappa shape index (κ3) is 9.61. The molecule has 17 heavy (non-hydrogen) atoms. The van der Waals surface area contributed by atoms with E-state index in [2.05, 4.69) is 44.4 Å². The number of hydrogen-bond donors (Lipinski definition) is 0. The van der Waals surface area contributed by atoms with Crippen LogP contribution in [0.4, 0.5) is 0 Å². The average Bonchev–Trinajstić information content (AvgIpc) is 2.18. The van der Waals surface area contributed by atoms with Crippen molar-refractivity contribution in [2.24, 2.45) is 0 Å². The van der Waals surface area contributed by atoms with Gasteiger partial charge in [0.25, 0.3) is 0 Å². The van der Waals surface area contributed by atoms with Gasteiger partial charge in [0.2, 0.25) is 0 Å². The molecule has 0 aromatic rings. The van der Waals surface area contributed by atoms with Crippen molar-refractivity contribution < 1.29 is 0 Å². The lowest BCUT2D eigenvalue weighted by Crippen LogP contribution is -2.47. The van der Waals surface area contributed by atoms with Crippen LogP contribution >= 0.6 is 0 Å². The standard InChI is InChI=1S/C11H26N2.4CH4/c1-6-11(12(7-2)8-3)13(9-4)10-5;;;;/h11H,6-10H2,1-5H3;4*1H4. The lowest BCUT2D eigenvalue weighted by molar-refractivity contribution is 0.0539. The molecule has 0 amide bonds. The van der Waals surface area contributed by atoms with Crippen molar-refractivity contribution >= 4 is 0 Å². The van der Waals surface area contributed by atoms with Crippen molar-refractivity contribution in [2.45, 2.75) is 76.9 Å². The summed E-state index contributed by atoms with van der Waals surface area (Å²) in [5, 5.41) is 0. The maximum atomic E-state index is 2.53. The zero-order valence-electron chi connectivity index (χ0n) is 10.0. The Morgan fingerprint density at radius 3 is 0.941 bits per heavy atom. The predicted octanol–water partition coefficient (Wildman–Crippen LogP) is 4.95. The van der Waals surface area contributed by atoms with Crippen LogP contribution in [0.15, 0.2) is 0 Å². The molecule has 0 aromatic carbocycles. The molecule has 0 aromatic heterocycles. The lowest BCUT2D eigenvalue weighted by Gasteiger charge is -2.37. The van der Waals surface area contributed by atoms with Crippen LogP contribution in [0.3, 0.4) is 0 Å². The van der Waals surface area contributed by atoms with E-state index in [1.807, 2.05) is 0 Å². The predicted molar refractivity (Wildman–Crippen MR) is 86.8 cm³/mol. The van der Waals surface area contributed by atoms with Gasteiger partial charge < -0.3 is 0 Å². The summed E-state index contributed by atoms with van der Waals surface area (Å²) in [6.45, 7) is 15.9. The van der Waals surface area contributed by atoms with E-state index >= 15 is 0 Å². The zero-order chi connectivity index (χ0) is 10.3. The highest BCUT2D eigenvalue weighted by molar-refractivity contribution is 4.68. The van der Waals surface area contributed by atoms with Crippen molar-refractivity contribution in [3.63, 3.8) is 0 Å². The van der Waals surface area contributed by atoms with Gasteiger partial charge in [-0.1, -0.05) is 64.3 Å². The fraction of sp³-hybridized carbons (Fsp3) is 1.00. The van der Waals surface area contributed by atoms with Crippen LogP contribution in [0.25, 0.3) is 0 Å². The summed E-state index contributed by atoms with van der Waals surface area (Å²) < 4.78 is 0. The van der Waals surface area contributed by atoms with Gasteiger partial charge in [0.15, 0.2) is 0 Å². The molecule has 0 atom stereocenters. The lowest BCUT2D eigenvalue weighted by atomic mass is 10.2. The Bertz CT molecular complexity index is 95.5. The normalized spacial score (nSPS) is 9.18. The Morgan fingerprint density at radius 1 is 0.588 bits per heavy atom. The van der Waals surface area contributed by atoms with Gasteiger partial charge in [-0.05, 0) is 32.6 Å². The molecule has 0 fully saturated rings. The third-order valence-electron chi connectivity index (χ3n) is 2.83. The second kappa shape index (κ2) is 18.3. The van der Waals surface area contributed by atoms with E-state index in [4.69, 9.17) is 0 Å². The summed E-state index contributed by atoms with van der Waals surface area (Å²) >= 11 is 0. The van der Waals surface area contributed by atoms with Gasteiger partial charge >= 0.3 is 0 Å². The molecule has 0 N–H and O–H groups in total. The van der Waals surface area contributed by atoms with Crippen molar-refractivity contribution in [1.29, 1.82) is 0 Å². The first-order chi connectivity index (χ1) is 6.24. The minimum Gasteiger partial charge on any atom is -0.288 e. The number of nitrogens with zero attached hydrogens (tertiary/aromatic N) is 2. The summed E-state index contributed by atoms with van der Waals surface area (Å²) in [5.41, 5.74) is 0. The zero-order valence-corrected chi connectivity index (χ0v) is 10.0. The number of rotatable bonds is 7. The molecule has 0 spiro atoms. The summed E-state index contributed by atoms with van der Waals surface area (Å²) in [4.78, 5) is 5.07. The summed E-state index contributed by atoms with van der Waals surface area (Å²) in [7, 11) is 0. The smallest absolute Gasteiger partial charge is 0.0619 e. The van der Waals surface area contributed by atoms with E-state index < -0.39 is 0 Å². The van der Waals surface area contributed by atoms with E-state index in [1.165, 1.54) is 6.42 Å². The summed E-state index contributed by atoms with van der Waals surface area (Å²) in [5.74, 6) is 0. The molecule has 0 rings (SSSR count). The quantitative estimate of drug-likeness (QED) is 0.590. The summed E-state index contributed by atoms with van der Waals surface area (Å²) in [6, 6.07) is 0. The molecule has 0 saturated carbocycles. The maximum Gasteiger partial charge on any atom is 0.0619 e. The third-order valence-corrected chi connectivity index (χ3v) is 2.83. The van der Waals surface area contributed by atoms with Gasteiger partial charge in [-0.25, -0.2) is 0 Å². The first-order valence-electron chi connectivity index (χ1n) is 5.73. The van der Waals surface area contributed by atoms with Crippen molar-refractivity contribution in [3.8, 4) is 0 Å². The largest absolute Gasteiger partial charge is 0.288 e. The van der Waals surface area contributed by atoms with E-state index in [9.17, 15) is 0 Å². The van der Waals surface area contributed by atoms with E-state index in [0.29, 0.717) is 6.17 Å². The molecule has 112 valence electrons. The van der Waals surface area contributed by atoms with Gasteiger partial charge in [-0.15, -0.1) is 0 Å². The van der Waals surface area contributed by atoms with Crippen LogP contribution in [0.1, 0.15) is 70.7 Å². The molecular weight excluding hydrogens is 208 g/mol. The van der Waals surface area contributed by atoms with E-state index in [-0.39, 0.29) is 29.7 Å². The Labute approximate surface area is 113 Å². The second-order valence-corrected chi connectivity index (χ2v) is 3.33. The molecule has 0 heterocycles. The Hall–Kier alpha value is -0.0800. The first-order valence-corrected chi connectivity index (χ1v) is 5.73. The topological polar surface area (TPSA) is 6.48 Å². The maximum absolute atomic E-state index is 2.53. The van der Waals surface area contributed by atoms with Crippen molar-refractivity contribution in [3.05, 3.63) is 0 Å². The van der Waals surface area contributed by atoms with Gasteiger partial charge in [-0.3, -0.25) is 9.80 Å². The molecule has 2 nitrogen and oxygen atoms in total. The van der Waals surface area contributed by atoms with Gasteiger partial charge in [0.05, 0.1) is 6.17 Å². The molecule has 0 radical (unpaired) electrons. The highest BCUT2D eigenvalue weighted by atomic mass is 15.3. The van der Waals surface area contributed by atoms with Gasteiger partial charge in [-0.2, -0.15) is 0 Å². The summed E-state index contributed by atoms with van der Waals surface area (Å²) in [6.07, 6.45) is 1.87. The molecule has 0 aliphatic rings. The van der Waals surface area contributed by atoms with Crippen LogP contribution in [0, 0.1) is 0 Å². The fourth-order valence-electron chi connectivity index (χ4n) is 2.04. The van der Waals surface area contributed by atoms with E-state index in [0.717, 1.165) is 26.2 Å².